The van der Waals surface area contributed by atoms with Gasteiger partial charge in [-0.25, -0.2) is 13.8 Å². The molecule has 0 saturated carbocycles. The van der Waals surface area contributed by atoms with E-state index in [1.54, 1.807) is 6.07 Å². The number of rotatable bonds is 2. The Balaban J connectivity index is 3.47. The molecule has 0 spiro atoms. The summed E-state index contributed by atoms with van der Waals surface area (Å²) in [5.74, 6) is 0. The van der Waals surface area contributed by atoms with E-state index in [0.29, 0.717) is 0 Å². The number of carbonyl (C=O) groups excluding carboxylic acids is 1. The Hall–Kier alpha value is -1.06. The van der Waals surface area contributed by atoms with Gasteiger partial charge in [-0.3, -0.25) is 4.79 Å². The Labute approximate surface area is 96.8 Å². The van der Waals surface area contributed by atoms with Crippen molar-refractivity contribution in [1.82, 2.24) is 4.98 Å². The zero-order chi connectivity index (χ0) is 11.6. The van der Waals surface area contributed by atoms with Crippen molar-refractivity contribution in [2.24, 2.45) is 0 Å². The van der Waals surface area contributed by atoms with Gasteiger partial charge in [0, 0.05) is 0 Å². The van der Waals surface area contributed by atoms with Crippen LogP contribution in [0.1, 0.15) is 28.2 Å². The maximum absolute atomic E-state index is 12.3. The maximum Gasteiger partial charge on any atom is 0.280 e. The van der Waals surface area contributed by atoms with Crippen molar-refractivity contribution in [3.63, 3.8) is 0 Å². The molecule has 78 valence electrons. The second kappa shape index (κ2) is 4.64. The molecule has 0 N–H and O–H groups in total. The van der Waals surface area contributed by atoms with Crippen LogP contribution in [0.25, 0.3) is 0 Å². The van der Waals surface area contributed by atoms with E-state index in [4.69, 9.17) is 16.9 Å². The van der Waals surface area contributed by atoms with Gasteiger partial charge in [0.05, 0.1) is 10.0 Å². The second-order valence-electron chi connectivity index (χ2n) is 2.44. The first-order chi connectivity index (χ1) is 6.97. The number of aromatic nitrogens is 1. The maximum atomic E-state index is 12.3. The Morgan fingerprint density at radius 2 is 2.27 bits per heavy atom. The van der Waals surface area contributed by atoms with Crippen molar-refractivity contribution < 1.29 is 13.6 Å². The molecule has 0 fully saturated rings. The minimum Gasteiger partial charge on any atom is -0.274 e. The highest BCUT2D eigenvalue weighted by Crippen LogP contribution is 2.26. The Morgan fingerprint density at radius 3 is 2.67 bits per heavy atom. The molecule has 0 aromatic carbocycles. The van der Waals surface area contributed by atoms with Crippen LogP contribution in [0.4, 0.5) is 8.78 Å². The highest BCUT2D eigenvalue weighted by molar-refractivity contribution is 9.10. The van der Waals surface area contributed by atoms with Crippen molar-refractivity contribution in [3.05, 3.63) is 27.5 Å². The van der Waals surface area contributed by atoms with Crippen molar-refractivity contribution in [2.45, 2.75) is 6.43 Å². The molecule has 1 heterocycles. The largest absolute Gasteiger partial charge is 0.280 e. The molecular formula is C8H2BrClF2N2O. The Kier molecular flexibility index (Phi) is 3.72. The number of nitriles is 1. The molecule has 1 aromatic rings. The summed E-state index contributed by atoms with van der Waals surface area (Å²) < 4.78 is 24.7. The summed E-state index contributed by atoms with van der Waals surface area (Å²) in [6, 6.07) is 2.56. The predicted molar refractivity (Wildman–Crippen MR) is 51.8 cm³/mol. The fraction of sp³-hybridized carbons (Fsp3) is 0.125. The van der Waals surface area contributed by atoms with Crippen LogP contribution in [-0.2, 0) is 0 Å². The van der Waals surface area contributed by atoms with Crippen LogP contribution in [0.15, 0.2) is 10.5 Å². The zero-order valence-corrected chi connectivity index (χ0v) is 9.31. The Bertz CT molecular complexity index is 459. The summed E-state index contributed by atoms with van der Waals surface area (Å²) in [5, 5.41) is 7.62. The molecular weight excluding hydrogens is 293 g/mol. The van der Waals surface area contributed by atoms with Crippen LogP contribution in [0, 0.1) is 11.3 Å². The molecule has 7 heteroatoms. The SMILES string of the molecule is N#Cc1cc(C(F)F)nc(C(=O)Cl)c1Br. The number of alkyl halides is 2. The lowest BCUT2D eigenvalue weighted by Crippen LogP contribution is -2.02. The van der Waals surface area contributed by atoms with Crippen LogP contribution in [0.5, 0.6) is 0 Å². The first kappa shape index (κ1) is 12.0. The van der Waals surface area contributed by atoms with E-state index in [1.165, 1.54) is 0 Å². The van der Waals surface area contributed by atoms with Crippen LogP contribution < -0.4 is 0 Å². The number of halogens is 4. The quantitative estimate of drug-likeness (QED) is 0.788. The van der Waals surface area contributed by atoms with Crippen molar-refractivity contribution in [2.75, 3.05) is 0 Å². The first-order valence-electron chi connectivity index (χ1n) is 3.56. The van der Waals surface area contributed by atoms with Crippen molar-refractivity contribution in [3.8, 4) is 6.07 Å². The number of carbonyl (C=O) groups is 1. The average Bonchev–Trinajstić information content (AvgIpc) is 2.17. The molecule has 0 aliphatic heterocycles. The molecule has 0 unspecified atom stereocenters. The Morgan fingerprint density at radius 1 is 1.67 bits per heavy atom. The van der Waals surface area contributed by atoms with Gasteiger partial charge in [0.1, 0.15) is 17.5 Å². The first-order valence-corrected chi connectivity index (χ1v) is 4.73. The third kappa shape index (κ3) is 2.49. The van der Waals surface area contributed by atoms with Crippen molar-refractivity contribution in [1.29, 1.82) is 5.26 Å². The smallest absolute Gasteiger partial charge is 0.274 e. The molecule has 1 aromatic heterocycles. The van der Waals surface area contributed by atoms with Crippen LogP contribution in [-0.4, -0.2) is 10.2 Å². The molecule has 0 bridgehead atoms. The van der Waals surface area contributed by atoms with Crippen molar-refractivity contribution >= 4 is 32.8 Å². The van der Waals surface area contributed by atoms with E-state index < -0.39 is 17.4 Å². The summed E-state index contributed by atoms with van der Waals surface area (Å²) in [4.78, 5) is 14.2. The van der Waals surface area contributed by atoms with Gasteiger partial charge in [-0.1, -0.05) is 0 Å². The lowest BCUT2D eigenvalue weighted by Gasteiger charge is -2.04. The average molecular weight is 295 g/mol. The van der Waals surface area contributed by atoms with Gasteiger partial charge in [0.25, 0.3) is 11.7 Å². The number of nitrogens with zero attached hydrogens (tertiary/aromatic N) is 2. The van der Waals surface area contributed by atoms with Crippen LogP contribution in [0.3, 0.4) is 0 Å². The molecule has 0 radical (unpaired) electrons. The lowest BCUT2D eigenvalue weighted by molar-refractivity contribution is 0.107. The molecule has 15 heavy (non-hydrogen) atoms. The standard InChI is InChI=1S/C8H2BrClF2N2O/c9-5-3(2-13)1-4(8(11)12)14-6(5)7(10)15/h1,8H. The van der Waals surface area contributed by atoms with E-state index in [1.807, 2.05) is 0 Å². The monoisotopic (exact) mass is 294 g/mol. The van der Waals surface area contributed by atoms with Gasteiger partial charge < -0.3 is 0 Å². The van der Waals surface area contributed by atoms with Gasteiger partial charge in [-0.15, -0.1) is 0 Å². The van der Waals surface area contributed by atoms with Gasteiger partial charge in [-0.05, 0) is 33.6 Å². The molecule has 0 saturated heterocycles. The van der Waals surface area contributed by atoms with Gasteiger partial charge in [0.15, 0.2) is 0 Å². The fourth-order valence-electron chi connectivity index (χ4n) is 0.873. The minimum atomic E-state index is -2.86. The van der Waals surface area contributed by atoms with E-state index in [9.17, 15) is 13.6 Å². The van der Waals surface area contributed by atoms with Crippen LogP contribution >= 0.6 is 27.5 Å². The summed E-state index contributed by atoms with van der Waals surface area (Å²) in [5.41, 5.74) is -1.14. The molecule has 3 nitrogen and oxygen atoms in total. The van der Waals surface area contributed by atoms with E-state index in [0.717, 1.165) is 6.07 Å². The number of hydrogen-bond acceptors (Lipinski definition) is 3. The number of hydrogen-bond donors (Lipinski definition) is 0. The predicted octanol–water partition coefficient (Wildman–Crippen LogP) is 3.03. The third-order valence-electron chi connectivity index (χ3n) is 1.51. The summed E-state index contributed by atoms with van der Waals surface area (Å²) in [7, 11) is 0. The van der Waals surface area contributed by atoms with E-state index in [-0.39, 0.29) is 15.7 Å². The second-order valence-corrected chi connectivity index (χ2v) is 3.58. The molecule has 0 amide bonds. The third-order valence-corrected chi connectivity index (χ3v) is 2.49. The van der Waals surface area contributed by atoms with E-state index in [2.05, 4.69) is 20.9 Å². The fourth-order valence-corrected chi connectivity index (χ4v) is 1.60. The summed E-state index contributed by atoms with van der Waals surface area (Å²) in [6.45, 7) is 0. The van der Waals surface area contributed by atoms with Crippen LogP contribution in [0.2, 0.25) is 0 Å². The molecule has 1 rings (SSSR count). The van der Waals surface area contributed by atoms with Gasteiger partial charge in [-0.2, -0.15) is 5.26 Å². The van der Waals surface area contributed by atoms with Gasteiger partial charge in [0.2, 0.25) is 0 Å². The highest BCUT2D eigenvalue weighted by Gasteiger charge is 2.19. The lowest BCUT2D eigenvalue weighted by atomic mass is 10.2. The topological polar surface area (TPSA) is 53.8 Å². The highest BCUT2D eigenvalue weighted by atomic mass is 79.9. The summed E-state index contributed by atoms with van der Waals surface area (Å²) in [6.07, 6.45) is -2.86. The molecule has 0 aliphatic rings. The molecule has 0 atom stereocenters. The minimum absolute atomic E-state index is 0.0226. The number of pyridine rings is 1. The zero-order valence-electron chi connectivity index (χ0n) is 6.97. The van der Waals surface area contributed by atoms with E-state index >= 15 is 0 Å². The summed E-state index contributed by atoms with van der Waals surface area (Å²) >= 11 is 8.02. The molecule has 0 aliphatic carbocycles. The van der Waals surface area contributed by atoms with Gasteiger partial charge >= 0.3 is 0 Å². The normalized spacial score (nSPS) is 10.1.